The average Bonchev–Trinajstić information content (AvgIpc) is 2.41. The van der Waals surface area contributed by atoms with E-state index in [4.69, 9.17) is 4.74 Å². The molecule has 0 saturated heterocycles. The van der Waals surface area contributed by atoms with Crippen molar-refractivity contribution in [1.29, 1.82) is 0 Å². The average molecular weight is 248 g/mol. The first-order chi connectivity index (χ1) is 8.72. The third kappa shape index (κ3) is 5.69. The lowest BCUT2D eigenvalue weighted by Crippen LogP contribution is -2.38. The zero-order valence-electron chi connectivity index (χ0n) is 10.0. The van der Waals surface area contributed by atoms with Crippen LogP contribution in [0, 0.1) is 0 Å². The molecule has 0 heterocycles. The lowest BCUT2D eigenvalue weighted by Gasteiger charge is -2.07. The molecule has 2 amide bonds. The summed E-state index contributed by atoms with van der Waals surface area (Å²) >= 11 is 0. The van der Waals surface area contributed by atoms with Crippen LogP contribution >= 0.6 is 0 Å². The second-order valence-electron chi connectivity index (χ2n) is 3.47. The highest BCUT2D eigenvalue weighted by atomic mass is 16.5. The maximum atomic E-state index is 11.4. The van der Waals surface area contributed by atoms with Crippen molar-refractivity contribution in [2.75, 3.05) is 19.7 Å². The molecule has 1 aromatic rings. The van der Waals surface area contributed by atoms with Gasteiger partial charge in [-0.05, 0) is 12.1 Å². The number of carbonyl (C=O) groups excluding carboxylic acids is 2. The Morgan fingerprint density at radius 3 is 2.56 bits per heavy atom. The number of nitrogens with one attached hydrogen (secondary N) is 2. The Kier molecular flexibility index (Phi) is 6.03. The van der Waals surface area contributed by atoms with Crippen LogP contribution in [-0.4, -0.2) is 31.5 Å². The molecule has 5 heteroatoms. The molecular formula is C13H16N2O3. The predicted octanol–water partition coefficient (Wildman–Crippen LogP) is 0.484. The van der Waals surface area contributed by atoms with Crippen molar-refractivity contribution in [2.45, 2.75) is 0 Å². The molecule has 5 nitrogen and oxygen atoms in total. The summed E-state index contributed by atoms with van der Waals surface area (Å²) in [6, 6.07) is 9.00. The molecule has 1 aromatic carbocycles. The Morgan fingerprint density at radius 1 is 1.17 bits per heavy atom. The number of hydrogen-bond donors (Lipinski definition) is 2. The van der Waals surface area contributed by atoms with Crippen LogP contribution in [-0.2, 0) is 9.59 Å². The third-order valence-corrected chi connectivity index (χ3v) is 2.00. The highest BCUT2D eigenvalue weighted by Gasteiger charge is 2.05. The molecule has 0 aliphatic carbocycles. The van der Waals surface area contributed by atoms with E-state index in [-0.39, 0.29) is 25.0 Å². The molecule has 0 unspecified atom stereocenters. The smallest absolute Gasteiger partial charge is 0.258 e. The van der Waals surface area contributed by atoms with Crippen LogP contribution in [0.1, 0.15) is 0 Å². The van der Waals surface area contributed by atoms with Crippen LogP contribution in [0.3, 0.4) is 0 Å². The molecule has 0 aliphatic rings. The quantitative estimate of drug-likeness (QED) is 0.690. The Hall–Kier alpha value is -2.30. The topological polar surface area (TPSA) is 67.4 Å². The number of hydrogen-bond acceptors (Lipinski definition) is 3. The molecule has 0 aromatic heterocycles. The van der Waals surface area contributed by atoms with Crippen LogP contribution in [0.5, 0.6) is 5.75 Å². The number of rotatable bonds is 7. The van der Waals surface area contributed by atoms with Crippen LogP contribution in [0.25, 0.3) is 0 Å². The molecule has 0 radical (unpaired) electrons. The van der Waals surface area contributed by atoms with Crippen molar-refractivity contribution in [3.63, 3.8) is 0 Å². The lowest BCUT2D eigenvalue weighted by molar-refractivity contribution is -0.127. The minimum absolute atomic E-state index is 0.0647. The Bertz CT molecular complexity index is 404. The van der Waals surface area contributed by atoms with Gasteiger partial charge in [0.05, 0.1) is 6.54 Å². The molecule has 0 atom stereocenters. The molecule has 2 N–H and O–H groups in total. The first-order valence-corrected chi connectivity index (χ1v) is 5.54. The fraction of sp³-hybridized carbons (Fsp3) is 0.231. The van der Waals surface area contributed by atoms with Crippen LogP contribution in [0.15, 0.2) is 43.0 Å². The van der Waals surface area contributed by atoms with Crippen LogP contribution in [0.4, 0.5) is 0 Å². The summed E-state index contributed by atoms with van der Waals surface area (Å²) < 4.78 is 5.22. The van der Waals surface area contributed by atoms with E-state index in [9.17, 15) is 9.59 Å². The number of ether oxygens (including phenoxy) is 1. The first-order valence-electron chi connectivity index (χ1n) is 5.54. The van der Waals surface area contributed by atoms with Gasteiger partial charge in [0.1, 0.15) is 5.75 Å². The van der Waals surface area contributed by atoms with Gasteiger partial charge in [-0.15, -0.1) is 6.58 Å². The summed E-state index contributed by atoms with van der Waals surface area (Å²) in [4.78, 5) is 22.5. The van der Waals surface area contributed by atoms with Crippen molar-refractivity contribution >= 4 is 11.8 Å². The Morgan fingerprint density at radius 2 is 1.89 bits per heavy atom. The SMILES string of the molecule is C=CCNC(=O)CNC(=O)COc1ccccc1. The monoisotopic (exact) mass is 248 g/mol. The molecular weight excluding hydrogens is 232 g/mol. The minimum Gasteiger partial charge on any atom is -0.484 e. The van der Waals surface area contributed by atoms with Gasteiger partial charge in [-0.2, -0.15) is 0 Å². The largest absolute Gasteiger partial charge is 0.484 e. The van der Waals surface area contributed by atoms with Crippen molar-refractivity contribution < 1.29 is 14.3 Å². The van der Waals surface area contributed by atoms with Gasteiger partial charge in [-0.1, -0.05) is 24.3 Å². The first kappa shape index (κ1) is 13.8. The summed E-state index contributed by atoms with van der Waals surface area (Å²) in [5.74, 6) is 0.0133. The fourth-order valence-electron chi connectivity index (χ4n) is 1.14. The predicted molar refractivity (Wildman–Crippen MR) is 68.2 cm³/mol. The van der Waals surface area contributed by atoms with E-state index in [0.717, 1.165) is 0 Å². The summed E-state index contributed by atoms with van der Waals surface area (Å²) in [6.45, 7) is 3.68. The second kappa shape index (κ2) is 7.89. The lowest BCUT2D eigenvalue weighted by atomic mass is 10.3. The zero-order valence-corrected chi connectivity index (χ0v) is 10.0. The van der Waals surface area contributed by atoms with E-state index < -0.39 is 0 Å². The zero-order chi connectivity index (χ0) is 13.2. The van der Waals surface area contributed by atoms with E-state index in [0.29, 0.717) is 12.3 Å². The number of para-hydroxylation sites is 1. The molecule has 0 bridgehead atoms. The molecule has 0 fully saturated rings. The maximum absolute atomic E-state index is 11.4. The minimum atomic E-state index is -0.340. The van der Waals surface area contributed by atoms with Gasteiger partial charge in [-0.3, -0.25) is 9.59 Å². The van der Waals surface area contributed by atoms with Crippen LogP contribution in [0.2, 0.25) is 0 Å². The van der Waals surface area contributed by atoms with Gasteiger partial charge in [0, 0.05) is 6.54 Å². The fourth-order valence-corrected chi connectivity index (χ4v) is 1.14. The van der Waals surface area contributed by atoms with Crippen molar-refractivity contribution in [3.05, 3.63) is 43.0 Å². The van der Waals surface area contributed by atoms with E-state index in [1.165, 1.54) is 0 Å². The van der Waals surface area contributed by atoms with Crippen LogP contribution < -0.4 is 15.4 Å². The summed E-state index contributed by atoms with van der Waals surface area (Å²) in [7, 11) is 0. The molecule has 0 saturated carbocycles. The van der Waals surface area contributed by atoms with E-state index in [2.05, 4.69) is 17.2 Å². The normalized spacial score (nSPS) is 9.33. The molecule has 1 rings (SSSR count). The highest BCUT2D eigenvalue weighted by molar-refractivity contribution is 5.85. The number of benzene rings is 1. The van der Waals surface area contributed by atoms with Gasteiger partial charge >= 0.3 is 0 Å². The second-order valence-corrected chi connectivity index (χ2v) is 3.47. The van der Waals surface area contributed by atoms with E-state index in [1.807, 2.05) is 18.2 Å². The van der Waals surface area contributed by atoms with E-state index in [1.54, 1.807) is 18.2 Å². The van der Waals surface area contributed by atoms with Crippen molar-refractivity contribution in [1.82, 2.24) is 10.6 Å². The number of amides is 2. The van der Waals surface area contributed by atoms with Crippen molar-refractivity contribution in [2.24, 2.45) is 0 Å². The van der Waals surface area contributed by atoms with E-state index >= 15 is 0 Å². The summed E-state index contributed by atoms with van der Waals surface area (Å²) in [5.41, 5.74) is 0. The highest BCUT2D eigenvalue weighted by Crippen LogP contribution is 2.07. The summed E-state index contributed by atoms with van der Waals surface area (Å²) in [5, 5.41) is 5.00. The van der Waals surface area contributed by atoms with Gasteiger partial charge in [0.15, 0.2) is 6.61 Å². The van der Waals surface area contributed by atoms with Gasteiger partial charge in [0.2, 0.25) is 5.91 Å². The summed E-state index contributed by atoms with van der Waals surface area (Å²) in [6.07, 6.45) is 1.57. The number of carbonyl (C=O) groups is 2. The van der Waals surface area contributed by atoms with Gasteiger partial charge in [0.25, 0.3) is 5.91 Å². The van der Waals surface area contributed by atoms with Gasteiger partial charge < -0.3 is 15.4 Å². The molecule has 96 valence electrons. The molecule has 0 aliphatic heterocycles. The Balaban J connectivity index is 2.18. The molecule has 18 heavy (non-hydrogen) atoms. The molecule has 0 spiro atoms. The van der Waals surface area contributed by atoms with Gasteiger partial charge in [-0.25, -0.2) is 0 Å². The maximum Gasteiger partial charge on any atom is 0.258 e. The van der Waals surface area contributed by atoms with Crippen molar-refractivity contribution in [3.8, 4) is 5.75 Å². The third-order valence-electron chi connectivity index (χ3n) is 2.00. The Labute approximate surface area is 106 Å². The standard InChI is InChI=1S/C13H16N2O3/c1-2-8-14-12(16)9-15-13(17)10-18-11-6-4-3-5-7-11/h2-7H,1,8-10H2,(H,14,16)(H,15,17).